The SMILES string of the molecule is COc1ccc([C@@H]2CN(C3CCOCC3)CCN2C(C)=O)cc1. The average Bonchev–Trinajstić information content (AvgIpc) is 2.62. The van der Waals surface area contributed by atoms with E-state index in [4.69, 9.17) is 9.47 Å². The Morgan fingerprint density at radius 2 is 1.87 bits per heavy atom. The van der Waals surface area contributed by atoms with Gasteiger partial charge in [0.15, 0.2) is 0 Å². The van der Waals surface area contributed by atoms with Crippen molar-refractivity contribution in [1.29, 1.82) is 0 Å². The number of ether oxygens (including phenoxy) is 2. The van der Waals surface area contributed by atoms with Gasteiger partial charge in [-0.3, -0.25) is 9.69 Å². The molecule has 1 atom stereocenters. The number of carbonyl (C=O) groups is 1. The molecule has 1 amide bonds. The molecule has 23 heavy (non-hydrogen) atoms. The van der Waals surface area contributed by atoms with Gasteiger partial charge in [0, 0.05) is 45.8 Å². The van der Waals surface area contributed by atoms with Gasteiger partial charge in [-0.15, -0.1) is 0 Å². The van der Waals surface area contributed by atoms with Gasteiger partial charge in [-0.25, -0.2) is 0 Å². The molecule has 2 heterocycles. The number of piperazine rings is 1. The van der Waals surface area contributed by atoms with E-state index in [0.717, 1.165) is 51.4 Å². The quantitative estimate of drug-likeness (QED) is 0.856. The summed E-state index contributed by atoms with van der Waals surface area (Å²) < 4.78 is 10.7. The molecule has 5 heteroatoms. The topological polar surface area (TPSA) is 42.0 Å². The van der Waals surface area contributed by atoms with Crippen LogP contribution in [0.5, 0.6) is 5.75 Å². The van der Waals surface area contributed by atoms with Crippen molar-refractivity contribution >= 4 is 5.91 Å². The summed E-state index contributed by atoms with van der Waals surface area (Å²) in [6, 6.07) is 8.80. The molecule has 2 aliphatic heterocycles. The van der Waals surface area contributed by atoms with Gasteiger partial charge in [0.05, 0.1) is 13.2 Å². The van der Waals surface area contributed by atoms with E-state index in [1.54, 1.807) is 14.0 Å². The maximum absolute atomic E-state index is 12.1. The van der Waals surface area contributed by atoms with Crippen molar-refractivity contribution in [1.82, 2.24) is 9.80 Å². The van der Waals surface area contributed by atoms with Crippen LogP contribution in [-0.4, -0.2) is 61.7 Å². The molecule has 0 aromatic heterocycles. The summed E-state index contributed by atoms with van der Waals surface area (Å²) in [4.78, 5) is 16.6. The first-order chi connectivity index (χ1) is 11.2. The normalized spacial score (nSPS) is 23.7. The van der Waals surface area contributed by atoms with E-state index in [1.165, 1.54) is 5.56 Å². The van der Waals surface area contributed by atoms with Gasteiger partial charge in [-0.05, 0) is 30.5 Å². The third kappa shape index (κ3) is 3.67. The number of hydrogen-bond acceptors (Lipinski definition) is 4. The summed E-state index contributed by atoms with van der Waals surface area (Å²) in [5, 5.41) is 0. The fourth-order valence-electron chi connectivity index (χ4n) is 3.67. The van der Waals surface area contributed by atoms with E-state index in [2.05, 4.69) is 17.0 Å². The van der Waals surface area contributed by atoms with E-state index in [9.17, 15) is 4.79 Å². The van der Waals surface area contributed by atoms with Crippen LogP contribution in [0, 0.1) is 0 Å². The summed E-state index contributed by atoms with van der Waals surface area (Å²) in [7, 11) is 1.67. The molecule has 126 valence electrons. The summed E-state index contributed by atoms with van der Waals surface area (Å²) in [6.45, 7) is 6.02. The molecule has 3 rings (SSSR count). The number of carbonyl (C=O) groups excluding carboxylic acids is 1. The van der Waals surface area contributed by atoms with Gasteiger partial charge in [-0.2, -0.15) is 0 Å². The number of benzene rings is 1. The van der Waals surface area contributed by atoms with Crippen LogP contribution >= 0.6 is 0 Å². The van der Waals surface area contributed by atoms with Crippen molar-refractivity contribution in [2.75, 3.05) is 40.0 Å². The monoisotopic (exact) mass is 318 g/mol. The van der Waals surface area contributed by atoms with Crippen LogP contribution in [-0.2, 0) is 9.53 Å². The minimum absolute atomic E-state index is 0.120. The van der Waals surface area contributed by atoms with Crippen molar-refractivity contribution in [2.24, 2.45) is 0 Å². The molecule has 0 unspecified atom stereocenters. The largest absolute Gasteiger partial charge is 0.497 e. The molecule has 2 fully saturated rings. The molecule has 0 aliphatic carbocycles. The van der Waals surface area contributed by atoms with Crippen LogP contribution in [0.25, 0.3) is 0 Å². The molecule has 0 N–H and O–H groups in total. The zero-order valence-corrected chi connectivity index (χ0v) is 14.0. The van der Waals surface area contributed by atoms with Gasteiger partial charge < -0.3 is 14.4 Å². The van der Waals surface area contributed by atoms with Crippen LogP contribution in [0.1, 0.15) is 31.4 Å². The summed E-state index contributed by atoms with van der Waals surface area (Å²) >= 11 is 0. The molecule has 1 aromatic rings. The first kappa shape index (κ1) is 16.3. The number of rotatable bonds is 3. The van der Waals surface area contributed by atoms with E-state index < -0.39 is 0 Å². The minimum atomic E-state index is 0.120. The Labute approximate surface area is 138 Å². The molecule has 0 bridgehead atoms. The molecular formula is C18H26N2O3. The maximum atomic E-state index is 12.1. The summed E-state index contributed by atoms with van der Waals surface area (Å²) in [5.74, 6) is 0.998. The number of amides is 1. The molecule has 2 aliphatic rings. The van der Waals surface area contributed by atoms with Gasteiger partial charge in [-0.1, -0.05) is 12.1 Å². The third-order valence-corrected chi connectivity index (χ3v) is 5.02. The lowest BCUT2D eigenvalue weighted by molar-refractivity contribution is -0.135. The van der Waals surface area contributed by atoms with Crippen molar-refractivity contribution in [3.8, 4) is 5.75 Å². The lowest BCUT2D eigenvalue weighted by Gasteiger charge is -2.45. The highest BCUT2D eigenvalue weighted by Gasteiger charge is 2.33. The predicted molar refractivity (Wildman–Crippen MR) is 88.5 cm³/mol. The second kappa shape index (κ2) is 7.32. The Morgan fingerprint density at radius 1 is 1.17 bits per heavy atom. The third-order valence-electron chi connectivity index (χ3n) is 5.02. The van der Waals surface area contributed by atoms with Gasteiger partial charge >= 0.3 is 0 Å². The molecule has 5 nitrogen and oxygen atoms in total. The van der Waals surface area contributed by atoms with Crippen LogP contribution in [0.15, 0.2) is 24.3 Å². The molecule has 0 radical (unpaired) electrons. The van der Waals surface area contributed by atoms with Gasteiger partial charge in [0.2, 0.25) is 5.91 Å². The Bertz CT molecular complexity index is 526. The number of hydrogen-bond donors (Lipinski definition) is 0. The molecule has 0 spiro atoms. The average molecular weight is 318 g/mol. The van der Waals surface area contributed by atoms with E-state index >= 15 is 0 Å². The zero-order valence-electron chi connectivity index (χ0n) is 14.0. The second-order valence-electron chi connectivity index (χ2n) is 6.34. The second-order valence-corrected chi connectivity index (χ2v) is 6.34. The first-order valence-electron chi connectivity index (χ1n) is 8.42. The highest BCUT2D eigenvalue weighted by Crippen LogP contribution is 2.29. The summed E-state index contributed by atoms with van der Waals surface area (Å²) in [6.07, 6.45) is 2.19. The fraction of sp³-hybridized carbons (Fsp3) is 0.611. The maximum Gasteiger partial charge on any atom is 0.220 e. The number of methoxy groups -OCH3 is 1. The van der Waals surface area contributed by atoms with Crippen LogP contribution < -0.4 is 4.74 Å². The van der Waals surface area contributed by atoms with Gasteiger partial charge in [0.25, 0.3) is 0 Å². The van der Waals surface area contributed by atoms with Gasteiger partial charge in [0.1, 0.15) is 5.75 Å². The number of nitrogens with zero attached hydrogens (tertiary/aromatic N) is 2. The molecule has 0 saturated carbocycles. The van der Waals surface area contributed by atoms with Crippen LogP contribution in [0.3, 0.4) is 0 Å². The Kier molecular flexibility index (Phi) is 5.18. The molecule has 2 saturated heterocycles. The Hall–Kier alpha value is -1.59. The Morgan fingerprint density at radius 3 is 2.48 bits per heavy atom. The van der Waals surface area contributed by atoms with Crippen LogP contribution in [0.2, 0.25) is 0 Å². The predicted octanol–water partition coefficient (Wildman–Crippen LogP) is 2.08. The fourth-order valence-corrected chi connectivity index (χ4v) is 3.67. The molecular weight excluding hydrogens is 292 g/mol. The minimum Gasteiger partial charge on any atom is -0.497 e. The zero-order chi connectivity index (χ0) is 16.2. The summed E-state index contributed by atoms with van der Waals surface area (Å²) in [5.41, 5.74) is 1.18. The Balaban J connectivity index is 1.77. The van der Waals surface area contributed by atoms with Crippen molar-refractivity contribution in [3.63, 3.8) is 0 Å². The molecule has 1 aromatic carbocycles. The smallest absolute Gasteiger partial charge is 0.220 e. The highest BCUT2D eigenvalue weighted by molar-refractivity contribution is 5.74. The lowest BCUT2D eigenvalue weighted by Crippen LogP contribution is -2.54. The van der Waals surface area contributed by atoms with E-state index in [0.29, 0.717) is 6.04 Å². The van der Waals surface area contributed by atoms with Crippen molar-refractivity contribution in [2.45, 2.75) is 31.8 Å². The standard InChI is InChI=1S/C18H26N2O3/c1-14(21)20-10-9-19(16-7-11-23-12-8-16)13-18(20)15-3-5-17(22-2)6-4-15/h3-6,16,18H,7-13H2,1-2H3/t18-/m0/s1. The van der Waals surface area contributed by atoms with Crippen molar-refractivity contribution < 1.29 is 14.3 Å². The lowest BCUT2D eigenvalue weighted by atomic mass is 9.98. The van der Waals surface area contributed by atoms with Crippen LogP contribution in [0.4, 0.5) is 0 Å². The van der Waals surface area contributed by atoms with E-state index in [-0.39, 0.29) is 11.9 Å². The van der Waals surface area contributed by atoms with Crippen molar-refractivity contribution in [3.05, 3.63) is 29.8 Å². The van der Waals surface area contributed by atoms with E-state index in [1.807, 2.05) is 17.0 Å². The highest BCUT2D eigenvalue weighted by atomic mass is 16.5. The first-order valence-corrected chi connectivity index (χ1v) is 8.42.